The summed E-state index contributed by atoms with van der Waals surface area (Å²) in [5, 5.41) is 14.5. The lowest BCUT2D eigenvalue weighted by Crippen LogP contribution is -2.52. The first-order valence-corrected chi connectivity index (χ1v) is 7.97. The van der Waals surface area contributed by atoms with Crippen LogP contribution in [0.5, 0.6) is 0 Å². The van der Waals surface area contributed by atoms with Gasteiger partial charge in [0.05, 0.1) is 0 Å². The molecule has 1 saturated carbocycles. The Bertz CT molecular complexity index is 363. The van der Waals surface area contributed by atoms with E-state index in [1.807, 2.05) is 0 Å². The highest BCUT2D eigenvalue weighted by molar-refractivity contribution is 5.83. The van der Waals surface area contributed by atoms with Gasteiger partial charge in [-0.25, -0.2) is 9.59 Å². The number of carbonyl (C=O) groups is 2. The molecule has 2 unspecified atom stereocenters. The molecule has 3 atom stereocenters. The van der Waals surface area contributed by atoms with E-state index in [0.717, 1.165) is 12.3 Å². The minimum Gasteiger partial charge on any atom is -0.480 e. The van der Waals surface area contributed by atoms with Gasteiger partial charge in [0.25, 0.3) is 0 Å². The SMILES string of the molecule is CC1CCCC(CCNC(=O)N[C@@H](C(=O)O)C(C)(C)C)C1. The minimum absolute atomic E-state index is 0.388. The summed E-state index contributed by atoms with van der Waals surface area (Å²) in [7, 11) is 0. The first kappa shape index (κ1) is 17.8. The number of nitrogens with one attached hydrogen (secondary N) is 2. The summed E-state index contributed by atoms with van der Waals surface area (Å²) in [5.41, 5.74) is -0.512. The number of aliphatic carboxylic acids is 1. The maximum atomic E-state index is 11.8. The van der Waals surface area contributed by atoms with Gasteiger partial charge in [-0.2, -0.15) is 0 Å². The lowest BCUT2D eigenvalue weighted by molar-refractivity contribution is -0.141. The zero-order valence-corrected chi connectivity index (χ0v) is 13.7. The van der Waals surface area contributed by atoms with E-state index in [1.165, 1.54) is 25.7 Å². The highest BCUT2D eigenvalue weighted by Gasteiger charge is 2.32. The van der Waals surface area contributed by atoms with Crippen LogP contribution in [0.15, 0.2) is 0 Å². The summed E-state index contributed by atoms with van der Waals surface area (Å²) in [5.74, 6) is 0.473. The minimum atomic E-state index is -1.00. The van der Waals surface area contributed by atoms with Crippen molar-refractivity contribution in [1.82, 2.24) is 10.6 Å². The van der Waals surface area contributed by atoms with Crippen molar-refractivity contribution in [1.29, 1.82) is 0 Å². The molecule has 0 bridgehead atoms. The Morgan fingerprint density at radius 3 is 2.48 bits per heavy atom. The van der Waals surface area contributed by atoms with E-state index in [0.29, 0.717) is 12.5 Å². The Hall–Kier alpha value is -1.26. The summed E-state index contributed by atoms with van der Waals surface area (Å²) in [4.78, 5) is 23.0. The van der Waals surface area contributed by atoms with Crippen LogP contribution < -0.4 is 10.6 Å². The highest BCUT2D eigenvalue weighted by Crippen LogP contribution is 2.30. The van der Waals surface area contributed by atoms with Crippen molar-refractivity contribution in [2.75, 3.05) is 6.54 Å². The Labute approximate surface area is 127 Å². The van der Waals surface area contributed by atoms with Crippen molar-refractivity contribution in [2.24, 2.45) is 17.3 Å². The molecule has 3 N–H and O–H groups in total. The number of carboxylic acids is 1. The topological polar surface area (TPSA) is 78.4 Å². The summed E-state index contributed by atoms with van der Waals surface area (Å²) in [6, 6.07) is -1.27. The molecular weight excluding hydrogens is 268 g/mol. The van der Waals surface area contributed by atoms with Crippen LogP contribution in [0.25, 0.3) is 0 Å². The number of hydrogen-bond acceptors (Lipinski definition) is 2. The van der Waals surface area contributed by atoms with Crippen LogP contribution in [0, 0.1) is 17.3 Å². The zero-order valence-electron chi connectivity index (χ0n) is 13.7. The standard InChI is InChI=1S/C16H30N2O3/c1-11-6-5-7-12(10-11)8-9-17-15(21)18-13(14(19)20)16(2,3)4/h11-13H,5-10H2,1-4H3,(H,19,20)(H2,17,18,21)/t11?,12?,13-/m0/s1. The second kappa shape index (κ2) is 7.66. The van der Waals surface area contributed by atoms with E-state index in [1.54, 1.807) is 20.8 Å². The maximum absolute atomic E-state index is 11.8. The summed E-state index contributed by atoms with van der Waals surface area (Å²) >= 11 is 0. The van der Waals surface area contributed by atoms with Gasteiger partial charge in [0.2, 0.25) is 0 Å². The Balaban J connectivity index is 2.31. The summed E-state index contributed by atoms with van der Waals surface area (Å²) < 4.78 is 0. The van der Waals surface area contributed by atoms with Gasteiger partial charge in [-0.1, -0.05) is 47.0 Å². The predicted octanol–water partition coefficient (Wildman–Crippen LogP) is 3.00. The first-order chi connectivity index (χ1) is 9.70. The van der Waals surface area contributed by atoms with Crippen LogP contribution in [0.4, 0.5) is 4.79 Å². The number of rotatable bonds is 5. The van der Waals surface area contributed by atoms with Crippen LogP contribution in [0.1, 0.15) is 59.8 Å². The second-order valence-electron chi connectivity index (χ2n) is 7.46. The molecule has 21 heavy (non-hydrogen) atoms. The molecule has 1 aliphatic carbocycles. The normalized spacial score (nSPS) is 24.2. The van der Waals surface area contributed by atoms with E-state index in [-0.39, 0.29) is 6.03 Å². The van der Waals surface area contributed by atoms with E-state index >= 15 is 0 Å². The maximum Gasteiger partial charge on any atom is 0.326 e. The number of hydrogen-bond donors (Lipinski definition) is 3. The first-order valence-electron chi connectivity index (χ1n) is 7.97. The van der Waals surface area contributed by atoms with Gasteiger partial charge in [-0.05, 0) is 30.1 Å². The van der Waals surface area contributed by atoms with Crippen molar-refractivity contribution < 1.29 is 14.7 Å². The lowest BCUT2D eigenvalue weighted by Gasteiger charge is -2.28. The molecule has 0 heterocycles. The van der Waals surface area contributed by atoms with Gasteiger partial charge in [0.15, 0.2) is 0 Å². The molecule has 2 amide bonds. The van der Waals surface area contributed by atoms with Crippen LogP contribution in [-0.4, -0.2) is 29.7 Å². The van der Waals surface area contributed by atoms with Gasteiger partial charge in [-0.15, -0.1) is 0 Å². The van der Waals surface area contributed by atoms with Crippen molar-refractivity contribution in [3.8, 4) is 0 Å². The van der Waals surface area contributed by atoms with Gasteiger partial charge < -0.3 is 15.7 Å². The molecule has 0 aliphatic heterocycles. The van der Waals surface area contributed by atoms with Gasteiger partial charge >= 0.3 is 12.0 Å². The molecule has 122 valence electrons. The molecule has 0 aromatic carbocycles. The van der Waals surface area contributed by atoms with Gasteiger partial charge in [0.1, 0.15) is 6.04 Å². The van der Waals surface area contributed by atoms with E-state index in [2.05, 4.69) is 17.6 Å². The van der Waals surface area contributed by atoms with Crippen molar-refractivity contribution >= 4 is 12.0 Å². The average molecular weight is 298 g/mol. The van der Waals surface area contributed by atoms with Crippen molar-refractivity contribution in [3.63, 3.8) is 0 Å². The third-order valence-electron chi connectivity index (χ3n) is 4.27. The third-order valence-corrected chi connectivity index (χ3v) is 4.27. The average Bonchev–Trinajstić information content (AvgIpc) is 2.34. The lowest BCUT2D eigenvalue weighted by atomic mass is 9.81. The molecule has 0 aromatic heterocycles. The van der Waals surface area contributed by atoms with E-state index in [9.17, 15) is 14.7 Å². The fourth-order valence-electron chi connectivity index (χ4n) is 3.04. The predicted molar refractivity (Wildman–Crippen MR) is 83.2 cm³/mol. The van der Waals surface area contributed by atoms with Crippen molar-refractivity contribution in [3.05, 3.63) is 0 Å². The molecule has 0 radical (unpaired) electrons. The molecule has 1 fully saturated rings. The number of carboxylic acid groups (broad SMARTS) is 1. The quantitative estimate of drug-likeness (QED) is 0.730. The molecule has 5 heteroatoms. The van der Waals surface area contributed by atoms with Crippen LogP contribution in [0.3, 0.4) is 0 Å². The van der Waals surface area contributed by atoms with Crippen molar-refractivity contribution in [2.45, 2.75) is 65.8 Å². The fraction of sp³-hybridized carbons (Fsp3) is 0.875. The van der Waals surface area contributed by atoms with E-state index < -0.39 is 17.4 Å². The Morgan fingerprint density at radius 1 is 1.29 bits per heavy atom. The second-order valence-corrected chi connectivity index (χ2v) is 7.46. The smallest absolute Gasteiger partial charge is 0.326 e. The molecule has 1 aliphatic rings. The Morgan fingerprint density at radius 2 is 1.95 bits per heavy atom. The zero-order chi connectivity index (χ0) is 16.0. The third kappa shape index (κ3) is 6.36. The number of urea groups is 1. The Kier molecular flexibility index (Phi) is 6.49. The molecular formula is C16H30N2O3. The molecule has 0 aromatic rings. The van der Waals surface area contributed by atoms with Crippen LogP contribution in [-0.2, 0) is 4.79 Å². The van der Waals surface area contributed by atoms with Crippen LogP contribution in [0.2, 0.25) is 0 Å². The number of amides is 2. The molecule has 0 saturated heterocycles. The summed E-state index contributed by atoms with van der Waals surface area (Å²) in [6.07, 6.45) is 6.06. The molecule has 1 rings (SSSR count). The molecule has 5 nitrogen and oxygen atoms in total. The van der Waals surface area contributed by atoms with Gasteiger partial charge in [0, 0.05) is 6.54 Å². The number of carbonyl (C=O) groups excluding carboxylic acids is 1. The van der Waals surface area contributed by atoms with Gasteiger partial charge in [-0.3, -0.25) is 0 Å². The largest absolute Gasteiger partial charge is 0.480 e. The molecule has 0 spiro atoms. The highest BCUT2D eigenvalue weighted by atomic mass is 16.4. The van der Waals surface area contributed by atoms with E-state index in [4.69, 9.17) is 0 Å². The summed E-state index contributed by atoms with van der Waals surface area (Å²) in [6.45, 7) is 8.30. The monoisotopic (exact) mass is 298 g/mol. The fourth-order valence-corrected chi connectivity index (χ4v) is 3.04. The van der Waals surface area contributed by atoms with Crippen LogP contribution >= 0.6 is 0 Å².